The lowest BCUT2D eigenvalue weighted by atomic mass is 10.0. The molecule has 2 aliphatic rings. The van der Waals surface area contributed by atoms with Crippen molar-refractivity contribution in [1.29, 1.82) is 0 Å². The molecular weight excluding hydrogens is 299 g/mol. The van der Waals surface area contributed by atoms with E-state index < -0.39 is 11.9 Å². The molecule has 2 saturated heterocycles. The predicted molar refractivity (Wildman–Crippen MR) is 58.5 cm³/mol. The first kappa shape index (κ1) is 11.1. The molecule has 4 atom stereocenters. The van der Waals surface area contributed by atoms with Crippen molar-refractivity contribution < 1.29 is 19.3 Å². The van der Waals surface area contributed by atoms with E-state index in [1.54, 1.807) is 0 Å². The molecule has 14 heavy (non-hydrogen) atoms. The van der Waals surface area contributed by atoms with Gasteiger partial charge in [0, 0.05) is 4.43 Å². The standard InChI is InChI=1S/C9H15IO4/c1-9(2)13-7-5(11)4-12-6(3-10)8(7)14-9/h5-8,11H,3-4H2,1-2H3/t5-,6+,7+,8-/m0/s1. The number of fused-ring (bicyclic) bond motifs is 1. The van der Waals surface area contributed by atoms with E-state index in [1.807, 2.05) is 13.8 Å². The smallest absolute Gasteiger partial charge is 0.164 e. The van der Waals surface area contributed by atoms with Crippen molar-refractivity contribution in [2.24, 2.45) is 0 Å². The molecule has 0 aromatic rings. The Morgan fingerprint density at radius 3 is 2.64 bits per heavy atom. The number of hydrogen-bond donors (Lipinski definition) is 1. The molecule has 5 heteroatoms. The summed E-state index contributed by atoms with van der Waals surface area (Å²) >= 11 is 2.26. The van der Waals surface area contributed by atoms with Crippen LogP contribution >= 0.6 is 22.6 Å². The Hall–Kier alpha value is 0.570. The van der Waals surface area contributed by atoms with Gasteiger partial charge in [0.25, 0.3) is 0 Å². The van der Waals surface area contributed by atoms with Gasteiger partial charge in [-0.15, -0.1) is 0 Å². The first-order chi connectivity index (χ1) is 6.53. The lowest BCUT2D eigenvalue weighted by molar-refractivity contribution is -0.153. The second-order valence-corrected chi connectivity index (χ2v) is 5.04. The molecule has 2 rings (SSSR count). The second-order valence-electron chi connectivity index (χ2n) is 4.16. The van der Waals surface area contributed by atoms with Crippen LogP contribution in [0.3, 0.4) is 0 Å². The number of aliphatic hydroxyl groups excluding tert-OH is 1. The van der Waals surface area contributed by atoms with Gasteiger partial charge in [-0.2, -0.15) is 0 Å². The van der Waals surface area contributed by atoms with Gasteiger partial charge in [-0.05, 0) is 13.8 Å². The van der Waals surface area contributed by atoms with Crippen LogP contribution < -0.4 is 0 Å². The maximum Gasteiger partial charge on any atom is 0.164 e. The van der Waals surface area contributed by atoms with Crippen LogP contribution in [0.4, 0.5) is 0 Å². The molecule has 2 aliphatic heterocycles. The first-order valence-electron chi connectivity index (χ1n) is 4.75. The van der Waals surface area contributed by atoms with E-state index in [1.165, 1.54) is 0 Å². The zero-order chi connectivity index (χ0) is 10.3. The van der Waals surface area contributed by atoms with E-state index in [0.29, 0.717) is 6.61 Å². The molecule has 82 valence electrons. The van der Waals surface area contributed by atoms with E-state index in [2.05, 4.69) is 22.6 Å². The Kier molecular flexibility index (Phi) is 3.05. The normalized spacial score (nSPS) is 46.3. The predicted octanol–water partition coefficient (Wildman–Crippen LogP) is 0.701. The molecule has 0 spiro atoms. The van der Waals surface area contributed by atoms with Crippen LogP contribution in [0.1, 0.15) is 13.8 Å². The average Bonchev–Trinajstić information content (AvgIpc) is 2.42. The molecule has 0 radical (unpaired) electrons. The number of halogens is 1. The molecule has 0 aromatic heterocycles. The Morgan fingerprint density at radius 2 is 2.00 bits per heavy atom. The summed E-state index contributed by atoms with van der Waals surface area (Å²) in [7, 11) is 0. The van der Waals surface area contributed by atoms with Crippen LogP contribution in [0.2, 0.25) is 0 Å². The number of rotatable bonds is 1. The summed E-state index contributed by atoms with van der Waals surface area (Å²) in [5, 5.41) is 9.69. The minimum absolute atomic E-state index is 0.0331. The molecule has 0 amide bonds. The number of alkyl halides is 1. The molecule has 2 heterocycles. The fraction of sp³-hybridized carbons (Fsp3) is 1.00. The van der Waals surface area contributed by atoms with Crippen LogP contribution in [-0.4, -0.2) is 46.3 Å². The minimum atomic E-state index is -0.603. The second kappa shape index (κ2) is 3.86. The van der Waals surface area contributed by atoms with E-state index in [0.717, 1.165) is 4.43 Å². The number of aliphatic hydroxyl groups is 1. The number of ether oxygens (including phenoxy) is 3. The molecule has 0 aromatic carbocycles. The molecule has 1 N–H and O–H groups in total. The lowest BCUT2D eigenvalue weighted by Gasteiger charge is -2.33. The monoisotopic (exact) mass is 314 g/mol. The van der Waals surface area contributed by atoms with E-state index in [4.69, 9.17) is 14.2 Å². The number of hydrogen-bond acceptors (Lipinski definition) is 4. The van der Waals surface area contributed by atoms with Gasteiger partial charge < -0.3 is 19.3 Å². The van der Waals surface area contributed by atoms with Crippen molar-refractivity contribution in [2.75, 3.05) is 11.0 Å². The summed E-state index contributed by atoms with van der Waals surface area (Å²) in [6, 6.07) is 0. The van der Waals surface area contributed by atoms with Crippen LogP contribution in [0.25, 0.3) is 0 Å². The summed E-state index contributed by atoms with van der Waals surface area (Å²) in [6.45, 7) is 4.07. The van der Waals surface area contributed by atoms with Gasteiger partial charge in [0.15, 0.2) is 5.79 Å². The summed E-state index contributed by atoms with van der Waals surface area (Å²) in [6.07, 6.45) is -0.907. The highest BCUT2D eigenvalue weighted by molar-refractivity contribution is 14.1. The molecule has 0 unspecified atom stereocenters. The van der Waals surface area contributed by atoms with Gasteiger partial charge in [0.1, 0.15) is 18.3 Å². The van der Waals surface area contributed by atoms with Crippen molar-refractivity contribution in [1.82, 2.24) is 0 Å². The van der Waals surface area contributed by atoms with E-state index in [9.17, 15) is 5.11 Å². The zero-order valence-electron chi connectivity index (χ0n) is 8.27. The minimum Gasteiger partial charge on any atom is -0.388 e. The van der Waals surface area contributed by atoms with Crippen LogP contribution in [-0.2, 0) is 14.2 Å². The Morgan fingerprint density at radius 1 is 1.36 bits per heavy atom. The SMILES string of the molecule is CC1(C)O[C@@H]2[C@H](O1)[C@@H](O)CO[C@@H]2CI. The Labute approximate surface area is 97.0 Å². The van der Waals surface area contributed by atoms with E-state index >= 15 is 0 Å². The lowest BCUT2D eigenvalue weighted by Crippen LogP contribution is -2.51. The molecule has 0 saturated carbocycles. The molecular formula is C9H15IO4. The third kappa shape index (κ3) is 1.92. The summed E-state index contributed by atoms with van der Waals surface area (Å²) in [5.74, 6) is -0.603. The van der Waals surface area contributed by atoms with Gasteiger partial charge in [-0.1, -0.05) is 22.6 Å². The van der Waals surface area contributed by atoms with Gasteiger partial charge in [-0.25, -0.2) is 0 Å². The van der Waals surface area contributed by atoms with Crippen LogP contribution in [0, 0.1) is 0 Å². The Balaban J connectivity index is 2.14. The van der Waals surface area contributed by atoms with Crippen molar-refractivity contribution in [3.63, 3.8) is 0 Å². The van der Waals surface area contributed by atoms with Crippen LogP contribution in [0.15, 0.2) is 0 Å². The third-order valence-electron chi connectivity index (χ3n) is 2.54. The van der Waals surface area contributed by atoms with Gasteiger partial charge >= 0.3 is 0 Å². The van der Waals surface area contributed by atoms with Crippen molar-refractivity contribution in [3.05, 3.63) is 0 Å². The molecule has 0 bridgehead atoms. The van der Waals surface area contributed by atoms with Crippen molar-refractivity contribution in [2.45, 2.75) is 44.1 Å². The fourth-order valence-corrected chi connectivity index (χ4v) is 2.70. The quantitative estimate of drug-likeness (QED) is 0.572. The van der Waals surface area contributed by atoms with Gasteiger partial charge in [0.2, 0.25) is 0 Å². The van der Waals surface area contributed by atoms with Gasteiger partial charge in [-0.3, -0.25) is 0 Å². The highest BCUT2D eigenvalue weighted by Gasteiger charge is 2.51. The average molecular weight is 314 g/mol. The zero-order valence-corrected chi connectivity index (χ0v) is 10.4. The Bertz CT molecular complexity index is 221. The third-order valence-corrected chi connectivity index (χ3v) is 3.41. The summed E-state index contributed by atoms with van der Waals surface area (Å²) in [4.78, 5) is 0. The highest BCUT2D eigenvalue weighted by atomic mass is 127. The summed E-state index contributed by atoms with van der Waals surface area (Å²) in [5.41, 5.74) is 0. The van der Waals surface area contributed by atoms with Crippen molar-refractivity contribution >= 4 is 22.6 Å². The largest absolute Gasteiger partial charge is 0.388 e. The first-order valence-corrected chi connectivity index (χ1v) is 6.27. The molecule has 0 aliphatic carbocycles. The topological polar surface area (TPSA) is 47.9 Å². The van der Waals surface area contributed by atoms with Gasteiger partial charge in [0.05, 0.1) is 12.7 Å². The summed E-state index contributed by atoms with van der Waals surface area (Å²) < 4.78 is 17.7. The van der Waals surface area contributed by atoms with Crippen molar-refractivity contribution in [3.8, 4) is 0 Å². The maximum absolute atomic E-state index is 9.69. The highest BCUT2D eigenvalue weighted by Crippen LogP contribution is 2.35. The fourth-order valence-electron chi connectivity index (χ4n) is 1.95. The van der Waals surface area contributed by atoms with E-state index in [-0.39, 0.29) is 18.3 Å². The van der Waals surface area contributed by atoms with Crippen LogP contribution in [0.5, 0.6) is 0 Å². The maximum atomic E-state index is 9.69. The molecule has 2 fully saturated rings. The molecule has 4 nitrogen and oxygen atoms in total.